The summed E-state index contributed by atoms with van der Waals surface area (Å²) in [5.74, 6) is 1.21. The van der Waals surface area contributed by atoms with E-state index < -0.39 is 0 Å². The highest BCUT2D eigenvalue weighted by molar-refractivity contribution is 6.30. The highest BCUT2D eigenvalue weighted by Crippen LogP contribution is 2.22. The summed E-state index contributed by atoms with van der Waals surface area (Å²) in [7, 11) is 0. The molecule has 3 heteroatoms. The first kappa shape index (κ1) is 11.2. The molecule has 0 fully saturated rings. The quantitative estimate of drug-likeness (QED) is 0.884. The van der Waals surface area contributed by atoms with Crippen LogP contribution in [0.4, 0.5) is 0 Å². The molecule has 0 saturated heterocycles. The van der Waals surface area contributed by atoms with Crippen molar-refractivity contribution in [3.63, 3.8) is 0 Å². The average Bonchev–Trinajstić information content (AvgIpc) is 2.78. The van der Waals surface area contributed by atoms with Crippen molar-refractivity contribution in [1.82, 2.24) is 0 Å². The molecule has 1 aromatic heterocycles. The monoisotopic (exact) mass is 235 g/mol. The zero-order valence-corrected chi connectivity index (χ0v) is 9.65. The number of nitrogens with two attached hydrogens (primary N) is 1. The molecule has 0 aliphatic rings. The van der Waals surface area contributed by atoms with Gasteiger partial charge in [-0.3, -0.25) is 0 Å². The molecule has 0 aliphatic heterocycles. The third kappa shape index (κ3) is 2.65. The Kier molecular flexibility index (Phi) is 3.65. The van der Waals surface area contributed by atoms with Crippen LogP contribution in [-0.2, 0) is 6.42 Å². The summed E-state index contributed by atoms with van der Waals surface area (Å²) in [5.41, 5.74) is 6.95. The van der Waals surface area contributed by atoms with Gasteiger partial charge in [0.2, 0.25) is 0 Å². The third-order valence-electron chi connectivity index (χ3n) is 2.63. The van der Waals surface area contributed by atoms with Crippen molar-refractivity contribution in [2.75, 3.05) is 6.54 Å². The normalized spacial score (nSPS) is 12.6. The Labute approximate surface area is 100 Å². The first-order valence-corrected chi connectivity index (χ1v) is 5.65. The Morgan fingerprint density at radius 1 is 1.25 bits per heavy atom. The number of benzene rings is 1. The Balaban J connectivity index is 2.16. The fourth-order valence-corrected chi connectivity index (χ4v) is 1.97. The van der Waals surface area contributed by atoms with Crippen LogP contribution in [0.25, 0.3) is 0 Å². The number of hydrogen-bond donors (Lipinski definition) is 1. The minimum atomic E-state index is 0.254. The molecule has 1 aromatic carbocycles. The van der Waals surface area contributed by atoms with Crippen LogP contribution >= 0.6 is 11.6 Å². The van der Waals surface area contributed by atoms with Crippen molar-refractivity contribution in [2.24, 2.45) is 5.73 Å². The summed E-state index contributed by atoms with van der Waals surface area (Å²) in [4.78, 5) is 0. The Hall–Kier alpha value is -1.25. The van der Waals surface area contributed by atoms with Crippen LogP contribution in [0.15, 0.2) is 47.1 Å². The lowest BCUT2D eigenvalue weighted by molar-refractivity contribution is 0.487. The summed E-state index contributed by atoms with van der Waals surface area (Å²) in [6.45, 7) is 0.584. The summed E-state index contributed by atoms with van der Waals surface area (Å²) in [6.07, 6.45) is 2.49. The van der Waals surface area contributed by atoms with Gasteiger partial charge in [0.05, 0.1) is 6.26 Å². The summed E-state index contributed by atoms with van der Waals surface area (Å²) in [5, 5.41) is 0.746. The number of rotatable bonds is 4. The van der Waals surface area contributed by atoms with E-state index in [2.05, 4.69) is 0 Å². The first-order valence-electron chi connectivity index (χ1n) is 5.27. The van der Waals surface area contributed by atoms with Crippen LogP contribution in [0.2, 0.25) is 5.02 Å². The Bertz CT molecular complexity index is 439. The van der Waals surface area contributed by atoms with Gasteiger partial charge in [-0.15, -0.1) is 0 Å². The molecule has 2 aromatic rings. The topological polar surface area (TPSA) is 39.2 Å². The highest BCUT2D eigenvalue weighted by Gasteiger charge is 2.12. The molecule has 84 valence electrons. The van der Waals surface area contributed by atoms with Gasteiger partial charge in [-0.25, -0.2) is 0 Å². The first-order chi connectivity index (χ1) is 7.79. The van der Waals surface area contributed by atoms with Crippen molar-refractivity contribution in [1.29, 1.82) is 0 Å². The van der Waals surface area contributed by atoms with Gasteiger partial charge in [0, 0.05) is 17.4 Å². The number of halogens is 1. The lowest BCUT2D eigenvalue weighted by Gasteiger charge is -2.13. The molecule has 16 heavy (non-hydrogen) atoms. The van der Waals surface area contributed by atoms with E-state index in [4.69, 9.17) is 21.8 Å². The predicted molar refractivity (Wildman–Crippen MR) is 65.7 cm³/mol. The second kappa shape index (κ2) is 5.19. The van der Waals surface area contributed by atoms with E-state index >= 15 is 0 Å². The lowest BCUT2D eigenvalue weighted by atomic mass is 9.95. The molecule has 0 radical (unpaired) electrons. The van der Waals surface area contributed by atoms with Crippen molar-refractivity contribution < 1.29 is 4.42 Å². The van der Waals surface area contributed by atoms with Gasteiger partial charge in [-0.05, 0) is 36.4 Å². The van der Waals surface area contributed by atoms with Crippen molar-refractivity contribution in [3.8, 4) is 0 Å². The fraction of sp³-hybridized carbons (Fsp3) is 0.231. The highest BCUT2D eigenvalue weighted by atomic mass is 35.5. The van der Waals surface area contributed by atoms with Gasteiger partial charge in [-0.2, -0.15) is 0 Å². The van der Waals surface area contributed by atoms with Crippen LogP contribution in [0.1, 0.15) is 17.2 Å². The summed E-state index contributed by atoms with van der Waals surface area (Å²) >= 11 is 5.96. The molecule has 0 amide bonds. The second-order valence-electron chi connectivity index (χ2n) is 3.77. The van der Waals surface area contributed by atoms with Gasteiger partial charge < -0.3 is 10.2 Å². The van der Waals surface area contributed by atoms with E-state index in [-0.39, 0.29) is 5.92 Å². The van der Waals surface area contributed by atoms with Crippen LogP contribution in [0, 0.1) is 0 Å². The average molecular weight is 236 g/mol. The van der Waals surface area contributed by atoms with E-state index in [1.165, 1.54) is 0 Å². The van der Waals surface area contributed by atoms with E-state index in [1.54, 1.807) is 6.26 Å². The van der Waals surface area contributed by atoms with Crippen LogP contribution in [0.5, 0.6) is 0 Å². The van der Waals surface area contributed by atoms with Crippen molar-refractivity contribution in [3.05, 3.63) is 59.0 Å². The van der Waals surface area contributed by atoms with Crippen LogP contribution < -0.4 is 5.73 Å². The van der Waals surface area contributed by atoms with Crippen molar-refractivity contribution in [2.45, 2.75) is 12.3 Å². The minimum Gasteiger partial charge on any atom is -0.469 e. The molecule has 1 unspecified atom stereocenters. The SMILES string of the molecule is NCC(Cc1ccco1)c1cccc(Cl)c1. The molecular formula is C13H14ClNO. The molecule has 2 nitrogen and oxygen atoms in total. The molecule has 0 saturated carbocycles. The van der Waals surface area contributed by atoms with Gasteiger partial charge in [0.15, 0.2) is 0 Å². The fourth-order valence-electron chi connectivity index (χ4n) is 1.77. The van der Waals surface area contributed by atoms with Gasteiger partial charge in [0.1, 0.15) is 5.76 Å². The molecule has 0 aliphatic carbocycles. The lowest BCUT2D eigenvalue weighted by Crippen LogP contribution is -2.14. The maximum atomic E-state index is 5.96. The predicted octanol–water partition coefficient (Wildman–Crippen LogP) is 3.22. The van der Waals surface area contributed by atoms with E-state index in [9.17, 15) is 0 Å². The molecule has 1 atom stereocenters. The van der Waals surface area contributed by atoms with E-state index in [0.29, 0.717) is 6.54 Å². The van der Waals surface area contributed by atoms with Gasteiger partial charge in [0.25, 0.3) is 0 Å². The maximum Gasteiger partial charge on any atom is 0.104 e. The van der Waals surface area contributed by atoms with Gasteiger partial charge >= 0.3 is 0 Å². The smallest absolute Gasteiger partial charge is 0.104 e. The molecule has 1 heterocycles. The largest absolute Gasteiger partial charge is 0.469 e. The number of hydrogen-bond acceptors (Lipinski definition) is 2. The third-order valence-corrected chi connectivity index (χ3v) is 2.87. The molecule has 2 N–H and O–H groups in total. The Morgan fingerprint density at radius 3 is 2.75 bits per heavy atom. The molecular weight excluding hydrogens is 222 g/mol. The standard InChI is InChI=1S/C13H14ClNO/c14-12-4-1-3-10(7-12)11(9-15)8-13-5-2-6-16-13/h1-7,11H,8-9,15H2. The summed E-state index contributed by atoms with van der Waals surface area (Å²) in [6, 6.07) is 11.7. The van der Waals surface area contributed by atoms with E-state index in [0.717, 1.165) is 22.8 Å². The maximum absolute atomic E-state index is 5.96. The molecule has 0 spiro atoms. The number of furan rings is 1. The van der Waals surface area contributed by atoms with Crippen LogP contribution in [0.3, 0.4) is 0 Å². The van der Waals surface area contributed by atoms with Crippen molar-refractivity contribution >= 4 is 11.6 Å². The zero-order valence-electron chi connectivity index (χ0n) is 8.90. The van der Waals surface area contributed by atoms with Crippen LogP contribution in [-0.4, -0.2) is 6.54 Å². The van der Waals surface area contributed by atoms with Gasteiger partial charge in [-0.1, -0.05) is 23.7 Å². The second-order valence-corrected chi connectivity index (χ2v) is 4.21. The summed E-state index contributed by atoms with van der Waals surface area (Å²) < 4.78 is 5.33. The van der Waals surface area contributed by atoms with E-state index in [1.807, 2.05) is 36.4 Å². The zero-order chi connectivity index (χ0) is 11.4. The Morgan fingerprint density at radius 2 is 2.12 bits per heavy atom. The molecule has 2 rings (SSSR count). The minimum absolute atomic E-state index is 0.254. The molecule has 0 bridgehead atoms.